The number of hydrogen-bond donors (Lipinski definition) is 1. The molecule has 21 heavy (non-hydrogen) atoms. The number of nitrogens with one attached hydrogen (secondary N) is 1. The lowest BCUT2D eigenvalue weighted by Gasteiger charge is -2.21. The molecule has 0 amide bonds. The molecule has 1 aromatic rings. The van der Waals surface area contributed by atoms with Crippen LogP contribution in [0.2, 0.25) is 5.28 Å². The first-order valence-corrected chi connectivity index (χ1v) is 6.58. The predicted molar refractivity (Wildman–Crippen MR) is 70.8 cm³/mol. The molecule has 9 heteroatoms. The summed E-state index contributed by atoms with van der Waals surface area (Å²) in [5, 5.41) is 2.63. The van der Waals surface area contributed by atoms with Gasteiger partial charge in [-0.2, -0.15) is 23.7 Å². The smallest absolute Gasteiger partial charge is 0.312 e. The number of allylic oxidation sites excluding steroid dienone is 2. The molecule has 0 spiro atoms. The Kier molecular flexibility index (Phi) is 4.18. The zero-order valence-electron chi connectivity index (χ0n) is 11.3. The number of nitrogens with zero attached hydrogens (tertiary/aromatic N) is 3. The average molecular weight is 321 g/mol. The van der Waals surface area contributed by atoms with E-state index in [4.69, 9.17) is 11.6 Å². The van der Waals surface area contributed by atoms with Crippen LogP contribution in [-0.2, 0) is 4.79 Å². The number of carbonyl (C=O) groups is 1. The summed E-state index contributed by atoms with van der Waals surface area (Å²) in [6.07, 6.45) is -1.14. The van der Waals surface area contributed by atoms with E-state index in [0.29, 0.717) is 0 Å². The standard InChI is InChI=1S/C12H12ClF3N4O/c1-5(2)17-11-19-9(18-10(13)20-11)6-3-4-12(15,16)8(21)7(6)14/h5H,3-4H2,1-2H3,(H,17,18,19,20). The molecule has 0 unspecified atom stereocenters. The minimum Gasteiger partial charge on any atom is -0.352 e. The number of aromatic nitrogens is 3. The predicted octanol–water partition coefficient (Wildman–Crippen LogP) is 3.02. The van der Waals surface area contributed by atoms with Crippen LogP contribution >= 0.6 is 11.6 Å². The average Bonchev–Trinajstić information content (AvgIpc) is 2.34. The Morgan fingerprint density at radius 2 is 1.95 bits per heavy atom. The maximum atomic E-state index is 13.8. The van der Waals surface area contributed by atoms with Crippen molar-refractivity contribution in [1.29, 1.82) is 0 Å². The molecule has 0 saturated heterocycles. The molecule has 0 saturated carbocycles. The van der Waals surface area contributed by atoms with Crippen LogP contribution in [0.25, 0.3) is 5.57 Å². The first-order chi connectivity index (χ1) is 9.70. The second-order valence-corrected chi connectivity index (χ2v) is 5.21. The van der Waals surface area contributed by atoms with Crippen LogP contribution in [0.1, 0.15) is 32.5 Å². The lowest BCUT2D eigenvalue weighted by Crippen LogP contribution is -2.33. The van der Waals surface area contributed by atoms with E-state index in [1.807, 2.05) is 13.8 Å². The Balaban J connectivity index is 2.44. The quantitative estimate of drug-likeness (QED) is 0.927. The van der Waals surface area contributed by atoms with E-state index in [0.717, 1.165) is 0 Å². The Morgan fingerprint density at radius 1 is 1.29 bits per heavy atom. The van der Waals surface area contributed by atoms with Crippen LogP contribution in [0.15, 0.2) is 5.83 Å². The van der Waals surface area contributed by atoms with E-state index in [-0.39, 0.29) is 35.1 Å². The summed E-state index contributed by atoms with van der Waals surface area (Å²) in [7, 11) is 0. The van der Waals surface area contributed by atoms with Gasteiger partial charge in [0.05, 0.1) is 0 Å². The van der Waals surface area contributed by atoms with Crippen molar-refractivity contribution in [2.45, 2.75) is 38.7 Å². The molecule has 1 aliphatic rings. The van der Waals surface area contributed by atoms with Crippen molar-refractivity contribution in [3.63, 3.8) is 0 Å². The SMILES string of the molecule is CC(C)Nc1nc(Cl)nc(C2=C(F)C(=O)C(F)(F)CC2)n1. The molecule has 0 radical (unpaired) electrons. The summed E-state index contributed by atoms with van der Waals surface area (Å²) in [6.45, 7) is 3.64. The zero-order valence-corrected chi connectivity index (χ0v) is 12.0. The van der Waals surface area contributed by atoms with Crippen LogP contribution < -0.4 is 5.32 Å². The highest BCUT2D eigenvalue weighted by molar-refractivity contribution is 6.28. The molecule has 0 aromatic carbocycles. The topological polar surface area (TPSA) is 67.8 Å². The number of Topliss-reactive ketones (excluding diaryl/α,β-unsaturated/α-hetero) is 1. The second kappa shape index (κ2) is 5.59. The third-order valence-electron chi connectivity index (χ3n) is 2.78. The fourth-order valence-electron chi connectivity index (χ4n) is 1.82. The van der Waals surface area contributed by atoms with E-state index in [2.05, 4.69) is 20.3 Å². The van der Waals surface area contributed by atoms with Gasteiger partial charge in [-0.1, -0.05) is 0 Å². The minimum atomic E-state index is -3.69. The summed E-state index contributed by atoms with van der Waals surface area (Å²) >= 11 is 5.71. The first kappa shape index (κ1) is 15.7. The summed E-state index contributed by atoms with van der Waals surface area (Å²) < 4.78 is 40.1. The van der Waals surface area contributed by atoms with Crippen molar-refractivity contribution in [2.75, 3.05) is 5.32 Å². The van der Waals surface area contributed by atoms with Crippen LogP contribution in [-0.4, -0.2) is 32.7 Å². The van der Waals surface area contributed by atoms with Crippen LogP contribution in [0.3, 0.4) is 0 Å². The van der Waals surface area contributed by atoms with E-state index in [1.54, 1.807) is 0 Å². The molecule has 0 fully saturated rings. The number of rotatable bonds is 3. The number of anilines is 1. The van der Waals surface area contributed by atoms with E-state index in [9.17, 15) is 18.0 Å². The fraction of sp³-hybridized carbons (Fsp3) is 0.500. The lowest BCUT2D eigenvalue weighted by atomic mass is 9.93. The van der Waals surface area contributed by atoms with Gasteiger partial charge in [0.25, 0.3) is 5.78 Å². The van der Waals surface area contributed by atoms with Gasteiger partial charge < -0.3 is 5.32 Å². The number of ketones is 1. The Bertz CT molecular complexity index is 619. The maximum absolute atomic E-state index is 13.8. The van der Waals surface area contributed by atoms with Gasteiger partial charge in [-0.3, -0.25) is 4.79 Å². The number of hydrogen-bond acceptors (Lipinski definition) is 5. The Labute approximate surface area is 123 Å². The van der Waals surface area contributed by atoms with Crippen LogP contribution in [0, 0.1) is 0 Å². The maximum Gasteiger partial charge on any atom is 0.312 e. The third-order valence-corrected chi connectivity index (χ3v) is 2.95. The monoisotopic (exact) mass is 320 g/mol. The Hall–Kier alpha value is -1.70. The summed E-state index contributed by atoms with van der Waals surface area (Å²) in [5.74, 6) is -7.18. The van der Waals surface area contributed by atoms with Gasteiger partial charge in [-0.25, -0.2) is 4.39 Å². The van der Waals surface area contributed by atoms with Gasteiger partial charge in [0.2, 0.25) is 11.2 Å². The highest BCUT2D eigenvalue weighted by atomic mass is 35.5. The molecule has 2 rings (SSSR count). The number of halogens is 4. The van der Waals surface area contributed by atoms with Crippen molar-refractivity contribution in [2.24, 2.45) is 0 Å². The molecule has 114 valence electrons. The number of alkyl halides is 2. The molecule has 0 bridgehead atoms. The lowest BCUT2D eigenvalue weighted by molar-refractivity contribution is -0.141. The van der Waals surface area contributed by atoms with E-state index in [1.165, 1.54) is 0 Å². The van der Waals surface area contributed by atoms with Crippen molar-refractivity contribution >= 4 is 28.9 Å². The zero-order chi connectivity index (χ0) is 15.8. The molecule has 0 aliphatic heterocycles. The van der Waals surface area contributed by atoms with Gasteiger partial charge in [0.1, 0.15) is 0 Å². The minimum absolute atomic E-state index is 0.0209. The summed E-state index contributed by atoms with van der Waals surface area (Å²) in [5.41, 5.74) is -0.276. The molecular weight excluding hydrogens is 309 g/mol. The first-order valence-electron chi connectivity index (χ1n) is 6.20. The van der Waals surface area contributed by atoms with Gasteiger partial charge >= 0.3 is 5.92 Å². The number of carbonyl (C=O) groups excluding carboxylic acids is 1. The highest BCUT2D eigenvalue weighted by Crippen LogP contribution is 2.38. The Morgan fingerprint density at radius 3 is 2.57 bits per heavy atom. The second-order valence-electron chi connectivity index (χ2n) is 4.88. The molecule has 0 atom stereocenters. The van der Waals surface area contributed by atoms with Crippen molar-refractivity contribution in [1.82, 2.24) is 15.0 Å². The van der Waals surface area contributed by atoms with Gasteiger partial charge in [0, 0.05) is 18.0 Å². The highest BCUT2D eigenvalue weighted by Gasteiger charge is 2.46. The van der Waals surface area contributed by atoms with Crippen molar-refractivity contribution < 1.29 is 18.0 Å². The van der Waals surface area contributed by atoms with Gasteiger partial charge in [-0.15, -0.1) is 0 Å². The van der Waals surface area contributed by atoms with E-state index >= 15 is 0 Å². The summed E-state index contributed by atoms with van der Waals surface area (Å²) in [4.78, 5) is 22.7. The van der Waals surface area contributed by atoms with Crippen LogP contribution in [0.5, 0.6) is 0 Å². The molecule has 1 heterocycles. The molecule has 1 aliphatic carbocycles. The molecular formula is C12H12ClF3N4O. The van der Waals surface area contributed by atoms with Crippen molar-refractivity contribution in [3.8, 4) is 0 Å². The van der Waals surface area contributed by atoms with Gasteiger partial charge in [-0.05, 0) is 31.9 Å². The fourth-order valence-corrected chi connectivity index (χ4v) is 1.98. The molecule has 1 N–H and O–H groups in total. The molecule has 1 aromatic heterocycles. The van der Waals surface area contributed by atoms with Gasteiger partial charge in [0.15, 0.2) is 11.7 Å². The molecule has 5 nitrogen and oxygen atoms in total. The largest absolute Gasteiger partial charge is 0.352 e. The third kappa shape index (κ3) is 3.31. The van der Waals surface area contributed by atoms with Crippen LogP contribution in [0.4, 0.5) is 19.1 Å². The van der Waals surface area contributed by atoms with Crippen molar-refractivity contribution in [3.05, 3.63) is 16.9 Å². The summed E-state index contributed by atoms with van der Waals surface area (Å²) in [6, 6.07) is -0.0209. The van der Waals surface area contributed by atoms with E-state index < -0.39 is 24.0 Å². The normalized spacial score (nSPS) is 18.3.